The number of hydrogen-bond acceptors (Lipinski definition) is 3. The first-order valence-electron chi connectivity index (χ1n) is 7.80. The van der Waals surface area contributed by atoms with Crippen molar-refractivity contribution in [1.29, 1.82) is 0 Å². The van der Waals surface area contributed by atoms with E-state index >= 15 is 0 Å². The van der Waals surface area contributed by atoms with E-state index in [4.69, 9.17) is 4.74 Å². The average molecular weight is 420 g/mol. The highest BCUT2D eigenvalue weighted by Gasteiger charge is 2.14. The maximum absolute atomic E-state index is 12.5. The Labute approximate surface area is 156 Å². The molecule has 0 spiro atoms. The second-order valence-electron chi connectivity index (χ2n) is 5.63. The molecule has 4 nitrogen and oxygen atoms in total. The lowest BCUT2D eigenvalue weighted by molar-refractivity contribution is 0.412. The molecule has 130 valence electrons. The predicted octanol–water partition coefficient (Wildman–Crippen LogP) is 4.13. The van der Waals surface area contributed by atoms with Crippen molar-refractivity contribution in [2.45, 2.75) is 11.3 Å². The number of benzene rings is 3. The summed E-state index contributed by atoms with van der Waals surface area (Å²) in [5.74, 6) is 0.750. The molecule has 6 heteroatoms. The zero-order valence-electron chi connectivity index (χ0n) is 13.7. The van der Waals surface area contributed by atoms with Crippen LogP contribution in [0.2, 0.25) is 0 Å². The fourth-order valence-electron chi connectivity index (χ4n) is 2.61. The molecule has 0 saturated heterocycles. The quantitative estimate of drug-likeness (QED) is 0.653. The molecule has 3 aromatic carbocycles. The molecule has 0 heterocycles. The molecule has 0 unspecified atom stereocenters. The van der Waals surface area contributed by atoms with Crippen LogP contribution in [0.5, 0.6) is 5.75 Å². The van der Waals surface area contributed by atoms with Crippen molar-refractivity contribution in [3.8, 4) is 5.75 Å². The van der Waals surface area contributed by atoms with E-state index in [-0.39, 0.29) is 4.90 Å². The van der Waals surface area contributed by atoms with Crippen LogP contribution < -0.4 is 9.46 Å². The van der Waals surface area contributed by atoms with Gasteiger partial charge in [0.05, 0.1) is 16.5 Å². The standard InChI is InChI=1S/C19H18BrNO3S/c1-24-19-9-6-14(12-18(19)20)10-11-21-25(22,23)17-8-7-15-4-2-3-5-16(15)13-17/h2-9,12-13,21H,10-11H2,1H3. The molecule has 0 aliphatic carbocycles. The maximum atomic E-state index is 12.5. The van der Waals surface area contributed by atoms with Crippen LogP contribution in [0.25, 0.3) is 10.8 Å². The molecule has 1 N–H and O–H groups in total. The molecule has 3 rings (SSSR count). The van der Waals surface area contributed by atoms with Gasteiger partial charge >= 0.3 is 0 Å². The van der Waals surface area contributed by atoms with E-state index in [1.807, 2.05) is 48.5 Å². The maximum Gasteiger partial charge on any atom is 0.240 e. The van der Waals surface area contributed by atoms with Crippen LogP contribution in [0.15, 0.2) is 70.0 Å². The molecule has 0 aliphatic heterocycles. The third kappa shape index (κ3) is 4.21. The highest BCUT2D eigenvalue weighted by Crippen LogP contribution is 2.25. The Bertz CT molecular complexity index is 1000. The van der Waals surface area contributed by atoms with Gasteiger partial charge in [-0.25, -0.2) is 13.1 Å². The van der Waals surface area contributed by atoms with Crippen molar-refractivity contribution in [2.75, 3.05) is 13.7 Å². The van der Waals surface area contributed by atoms with E-state index in [0.717, 1.165) is 26.6 Å². The number of halogens is 1. The molecular weight excluding hydrogens is 402 g/mol. The Morgan fingerprint density at radius 2 is 1.76 bits per heavy atom. The Morgan fingerprint density at radius 3 is 2.48 bits per heavy atom. The van der Waals surface area contributed by atoms with E-state index in [2.05, 4.69) is 20.7 Å². The molecule has 0 radical (unpaired) electrons. The lowest BCUT2D eigenvalue weighted by Crippen LogP contribution is -2.26. The summed E-state index contributed by atoms with van der Waals surface area (Å²) in [6.07, 6.45) is 0.593. The molecule has 0 saturated carbocycles. The second-order valence-corrected chi connectivity index (χ2v) is 8.25. The topological polar surface area (TPSA) is 55.4 Å². The number of fused-ring (bicyclic) bond motifs is 1. The minimum Gasteiger partial charge on any atom is -0.496 e. The molecule has 25 heavy (non-hydrogen) atoms. The van der Waals surface area contributed by atoms with Gasteiger partial charge in [-0.1, -0.05) is 36.4 Å². The largest absolute Gasteiger partial charge is 0.496 e. The molecule has 0 atom stereocenters. The van der Waals surface area contributed by atoms with Crippen LogP contribution in [-0.4, -0.2) is 22.1 Å². The first-order chi connectivity index (χ1) is 12.0. The van der Waals surface area contributed by atoms with Crippen LogP contribution in [0.3, 0.4) is 0 Å². The predicted molar refractivity (Wildman–Crippen MR) is 104 cm³/mol. The van der Waals surface area contributed by atoms with Gasteiger partial charge in [0.15, 0.2) is 0 Å². The first kappa shape index (κ1) is 17.9. The van der Waals surface area contributed by atoms with Crippen molar-refractivity contribution in [3.63, 3.8) is 0 Å². The highest BCUT2D eigenvalue weighted by molar-refractivity contribution is 9.10. The number of hydrogen-bond donors (Lipinski definition) is 1. The van der Waals surface area contributed by atoms with E-state index in [9.17, 15) is 8.42 Å². The minimum atomic E-state index is -3.53. The van der Waals surface area contributed by atoms with Crippen LogP contribution >= 0.6 is 15.9 Å². The highest BCUT2D eigenvalue weighted by atomic mass is 79.9. The van der Waals surface area contributed by atoms with Crippen molar-refractivity contribution < 1.29 is 13.2 Å². The van der Waals surface area contributed by atoms with Gasteiger partial charge in [-0.15, -0.1) is 0 Å². The Kier molecular flexibility index (Phi) is 5.42. The third-order valence-electron chi connectivity index (χ3n) is 3.95. The van der Waals surface area contributed by atoms with Gasteiger partial charge < -0.3 is 4.74 Å². The van der Waals surface area contributed by atoms with Crippen molar-refractivity contribution in [3.05, 3.63) is 70.7 Å². The fraction of sp³-hybridized carbons (Fsp3) is 0.158. The van der Waals surface area contributed by atoms with Crippen LogP contribution in [0.1, 0.15) is 5.56 Å². The number of sulfonamides is 1. The monoisotopic (exact) mass is 419 g/mol. The van der Waals surface area contributed by atoms with Gasteiger partial charge in [0.25, 0.3) is 0 Å². The molecule has 0 amide bonds. The Balaban J connectivity index is 1.69. The van der Waals surface area contributed by atoms with Crippen molar-refractivity contribution in [2.24, 2.45) is 0 Å². The SMILES string of the molecule is COc1ccc(CCNS(=O)(=O)c2ccc3ccccc3c2)cc1Br. The Morgan fingerprint density at radius 1 is 1.00 bits per heavy atom. The molecule has 0 bridgehead atoms. The molecule has 0 fully saturated rings. The smallest absolute Gasteiger partial charge is 0.240 e. The first-order valence-corrected chi connectivity index (χ1v) is 10.1. The molecular formula is C19H18BrNO3S. The summed E-state index contributed by atoms with van der Waals surface area (Å²) in [4.78, 5) is 0.280. The van der Waals surface area contributed by atoms with Crippen LogP contribution in [-0.2, 0) is 16.4 Å². The van der Waals surface area contributed by atoms with Gasteiger partial charge in [-0.2, -0.15) is 0 Å². The summed E-state index contributed by atoms with van der Waals surface area (Å²) < 4.78 is 33.7. The van der Waals surface area contributed by atoms with E-state index in [0.29, 0.717) is 13.0 Å². The normalized spacial score (nSPS) is 11.6. The van der Waals surface area contributed by atoms with E-state index in [1.165, 1.54) is 0 Å². The van der Waals surface area contributed by atoms with Gasteiger partial charge in [-0.3, -0.25) is 0 Å². The fourth-order valence-corrected chi connectivity index (χ4v) is 4.27. The summed E-state index contributed by atoms with van der Waals surface area (Å²) in [5, 5.41) is 1.92. The van der Waals surface area contributed by atoms with Crippen molar-refractivity contribution in [1.82, 2.24) is 4.72 Å². The number of nitrogens with one attached hydrogen (secondary N) is 1. The lowest BCUT2D eigenvalue weighted by atomic mass is 10.1. The van der Waals surface area contributed by atoms with Gasteiger partial charge in [-0.05, 0) is 63.0 Å². The number of methoxy groups -OCH3 is 1. The second kappa shape index (κ2) is 7.56. The summed E-state index contributed by atoms with van der Waals surface area (Å²) in [5.41, 5.74) is 1.02. The molecule has 0 aromatic heterocycles. The zero-order valence-corrected chi connectivity index (χ0v) is 16.1. The zero-order chi connectivity index (χ0) is 17.9. The summed E-state index contributed by atoms with van der Waals surface area (Å²) in [6.45, 7) is 0.327. The Hall–Kier alpha value is -1.89. The van der Waals surface area contributed by atoms with Crippen LogP contribution in [0.4, 0.5) is 0 Å². The van der Waals surface area contributed by atoms with Crippen LogP contribution in [0, 0.1) is 0 Å². The number of rotatable bonds is 6. The lowest BCUT2D eigenvalue weighted by Gasteiger charge is -2.09. The summed E-state index contributed by atoms with van der Waals surface area (Å²) in [7, 11) is -1.92. The average Bonchev–Trinajstić information content (AvgIpc) is 2.61. The van der Waals surface area contributed by atoms with Gasteiger partial charge in [0, 0.05) is 6.54 Å². The van der Waals surface area contributed by atoms with Gasteiger partial charge in [0.2, 0.25) is 10.0 Å². The summed E-state index contributed by atoms with van der Waals surface area (Å²) >= 11 is 3.43. The van der Waals surface area contributed by atoms with E-state index < -0.39 is 10.0 Å². The van der Waals surface area contributed by atoms with E-state index in [1.54, 1.807) is 19.2 Å². The number of ether oxygens (including phenoxy) is 1. The molecule has 3 aromatic rings. The minimum absolute atomic E-state index is 0.280. The molecule has 0 aliphatic rings. The van der Waals surface area contributed by atoms with Gasteiger partial charge in [0.1, 0.15) is 5.75 Å². The summed E-state index contributed by atoms with van der Waals surface area (Å²) in [6, 6.07) is 18.6. The third-order valence-corrected chi connectivity index (χ3v) is 6.03. The van der Waals surface area contributed by atoms with Crippen molar-refractivity contribution >= 4 is 36.7 Å².